The van der Waals surface area contributed by atoms with E-state index in [0.717, 1.165) is 12.8 Å². The number of carbonyl (C=O) groups is 1. The monoisotopic (exact) mass is 163 g/mol. The first-order valence-corrected chi connectivity index (χ1v) is 4.07. The number of hydrogen-bond acceptors (Lipinski definition) is 1. The molecule has 0 saturated heterocycles. The van der Waals surface area contributed by atoms with E-state index in [1.807, 2.05) is 0 Å². The smallest absolute Gasteiger partial charge is 0.165 e. The zero-order chi connectivity index (χ0) is 8.55. The molecule has 1 nitrogen and oxygen atoms in total. The third-order valence-corrected chi connectivity index (χ3v) is 2.08. The van der Waals surface area contributed by atoms with Crippen molar-refractivity contribution in [3.63, 3.8) is 0 Å². The van der Waals surface area contributed by atoms with Gasteiger partial charge in [0.15, 0.2) is 5.78 Å². The van der Waals surface area contributed by atoms with Crippen molar-refractivity contribution in [2.75, 3.05) is 0 Å². The van der Waals surface area contributed by atoms with Gasteiger partial charge in [-0.2, -0.15) is 0 Å². The van der Waals surface area contributed by atoms with E-state index in [0.29, 0.717) is 5.56 Å². The third-order valence-electron chi connectivity index (χ3n) is 2.08. The van der Waals surface area contributed by atoms with Gasteiger partial charge in [-0.1, -0.05) is 0 Å². The number of benzene rings is 1. The van der Waals surface area contributed by atoms with E-state index in [1.54, 1.807) is 12.1 Å². The van der Waals surface area contributed by atoms with Crippen LogP contribution in [0.1, 0.15) is 23.2 Å². The molecular weight excluding hydrogens is 154 g/mol. The largest absolute Gasteiger partial charge is 0.294 e. The number of ketones is 1. The molecule has 1 saturated carbocycles. The molecule has 0 aromatic heterocycles. The van der Waals surface area contributed by atoms with Crippen molar-refractivity contribution < 1.29 is 9.18 Å². The Morgan fingerprint density at radius 2 is 1.83 bits per heavy atom. The van der Waals surface area contributed by atoms with Crippen LogP contribution in [0.25, 0.3) is 0 Å². The molecule has 0 spiro atoms. The Kier molecular flexibility index (Phi) is 1.68. The quantitative estimate of drug-likeness (QED) is 0.612. The molecule has 1 aromatic rings. The summed E-state index contributed by atoms with van der Waals surface area (Å²) in [5.41, 5.74) is 0.638. The Morgan fingerprint density at radius 1 is 1.25 bits per heavy atom. The van der Waals surface area contributed by atoms with Gasteiger partial charge in [0.25, 0.3) is 0 Å². The maximum absolute atomic E-state index is 12.5. The molecule has 62 valence electrons. The van der Waals surface area contributed by atoms with Gasteiger partial charge in [-0.05, 0) is 37.1 Å². The van der Waals surface area contributed by atoms with Gasteiger partial charge in [-0.25, -0.2) is 4.39 Å². The van der Waals surface area contributed by atoms with Crippen molar-refractivity contribution in [2.45, 2.75) is 12.8 Å². The lowest BCUT2D eigenvalue weighted by Crippen LogP contribution is -2.00. The zero-order valence-electron chi connectivity index (χ0n) is 6.59. The highest BCUT2D eigenvalue weighted by Gasteiger charge is 2.30. The van der Waals surface area contributed by atoms with Crippen LogP contribution in [0.2, 0.25) is 0 Å². The number of halogens is 1. The molecular formula is C10H9FO. The molecule has 1 fully saturated rings. The predicted octanol–water partition coefficient (Wildman–Crippen LogP) is 2.42. The summed E-state index contributed by atoms with van der Waals surface area (Å²) in [4.78, 5) is 11.4. The standard InChI is InChI=1S/C10H9FO/c11-9-5-3-8(4-6-9)10(12)7-1-2-7/h3-7H,1-2H2/i11-1. The summed E-state index contributed by atoms with van der Waals surface area (Å²) in [5.74, 6) is 0.0906. The van der Waals surface area contributed by atoms with Crippen LogP contribution in [0.4, 0.5) is 4.39 Å². The molecule has 0 unspecified atom stereocenters. The van der Waals surface area contributed by atoms with E-state index in [-0.39, 0.29) is 17.5 Å². The minimum Gasteiger partial charge on any atom is -0.294 e. The average Bonchev–Trinajstić information content (AvgIpc) is 2.87. The van der Waals surface area contributed by atoms with Gasteiger partial charge in [0.05, 0.1) is 0 Å². The van der Waals surface area contributed by atoms with Gasteiger partial charge in [0.2, 0.25) is 0 Å². The van der Waals surface area contributed by atoms with Crippen molar-refractivity contribution in [3.05, 3.63) is 35.6 Å². The van der Waals surface area contributed by atoms with Crippen LogP contribution in [-0.2, 0) is 0 Å². The second-order valence-electron chi connectivity index (χ2n) is 3.15. The van der Waals surface area contributed by atoms with Crippen LogP contribution in [0, 0.1) is 11.7 Å². The van der Waals surface area contributed by atoms with Crippen LogP contribution < -0.4 is 0 Å². The summed E-state index contributed by atoms with van der Waals surface area (Å²) in [6, 6.07) is 5.76. The van der Waals surface area contributed by atoms with E-state index in [4.69, 9.17) is 0 Å². The van der Waals surface area contributed by atoms with Crippen LogP contribution in [0.5, 0.6) is 0 Å². The molecule has 2 heteroatoms. The normalized spacial score (nSPS) is 16.1. The molecule has 12 heavy (non-hydrogen) atoms. The second kappa shape index (κ2) is 2.70. The molecule has 1 aromatic carbocycles. The fourth-order valence-electron chi connectivity index (χ4n) is 1.20. The molecule has 2 rings (SSSR count). The topological polar surface area (TPSA) is 17.1 Å². The van der Waals surface area contributed by atoms with Crippen LogP contribution in [0.15, 0.2) is 24.3 Å². The van der Waals surface area contributed by atoms with E-state index in [9.17, 15) is 9.18 Å². The van der Waals surface area contributed by atoms with Crippen molar-refractivity contribution >= 4 is 5.78 Å². The van der Waals surface area contributed by atoms with Crippen molar-refractivity contribution in [3.8, 4) is 0 Å². The van der Waals surface area contributed by atoms with E-state index < -0.39 is 0 Å². The average molecular weight is 163 g/mol. The molecule has 0 N–H and O–H groups in total. The number of rotatable bonds is 2. The molecule has 0 aliphatic heterocycles. The highest BCUT2D eigenvalue weighted by atomic mass is 18.2. The van der Waals surface area contributed by atoms with Crippen molar-refractivity contribution in [2.24, 2.45) is 5.92 Å². The lowest BCUT2D eigenvalue weighted by Gasteiger charge is -1.96. The second-order valence-corrected chi connectivity index (χ2v) is 3.15. The fourth-order valence-corrected chi connectivity index (χ4v) is 1.20. The molecule has 1 aliphatic rings. The van der Waals surface area contributed by atoms with Gasteiger partial charge in [0, 0.05) is 11.5 Å². The van der Waals surface area contributed by atoms with Gasteiger partial charge in [-0.15, -0.1) is 0 Å². The van der Waals surface area contributed by atoms with Crippen LogP contribution in [0.3, 0.4) is 0 Å². The van der Waals surface area contributed by atoms with E-state index in [2.05, 4.69) is 0 Å². The maximum atomic E-state index is 12.5. The Hall–Kier alpha value is -1.18. The van der Waals surface area contributed by atoms with Crippen molar-refractivity contribution in [1.82, 2.24) is 0 Å². The van der Waals surface area contributed by atoms with Gasteiger partial charge in [0.1, 0.15) is 5.82 Å². The lowest BCUT2D eigenvalue weighted by atomic mass is 10.1. The predicted molar refractivity (Wildman–Crippen MR) is 43.5 cm³/mol. The Morgan fingerprint density at radius 3 is 2.33 bits per heavy atom. The first-order valence-electron chi connectivity index (χ1n) is 4.07. The molecule has 0 atom stereocenters. The Bertz CT molecular complexity index is 298. The molecule has 0 radical (unpaired) electrons. The number of Topliss-reactive ketones (excluding diaryl/α,β-unsaturated/α-hetero) is 1. The summed E-state index contributed by atoms with van der Waals surface area (Å²) >= 11 is 0. The minimum atomic E-state index is -0.289. The zero-order valence-corrected chi connectivity index (χ0v) is 6.59. The highest BCUT2D eigenvalue weighted by Crippen LogP contribution is 2.32. The summed E-state index contributed by atoms with van der Waals surface area (Å²) in [5, 5.41) is 0. The SMILES string of the molecule is O=C(c1ccc([18F])cc1)C1CC1. The summed E-state index contributed by atoms with van der Waals surface area (Å²) in [6.07, 6.45) is 1.99. The first-order chi connectivity index (χ1) is 5.77. The van der Waals surface area contributed by atoms with Gasteiger partial charge in [-0.3, -0.25) is 4.79 Å². The fraction of sp³-hybridized carbons (Fsp3) is 0.300. The minimum absolute atomic E-state index is 0.162. The third kappa shape index (κ3) is 1.37. The van der Waals surface area contributed by atoms with E-state index in [1.165, 1.54) is 12.1 Å². The number of hydrogen-bond donors (Lipinski definition) is 0. The Balaban J connectivity index is 2.22. The van der Waals surface area contributed by atoms with Crippen LogP contribution >= 0.6 is 0 Å². The summed E-state index contributed by atoms with van der Waals surface area (Å²) < 4.78 is 12.5. The maximum Gasteiger partial charge on any atom is 0.165 e. The Labute approximate surface area is 70.2 Å². The lowest BCUT2D eigenvalue weighted by molar-refractivity contribution is 0.0967. The number of carbonyl (C=O) groups excluding carboxylic acids is 1. The summed E-state index contributed by atoms with van der Waals surface area (Å²) in [7, 11) is 0. The highest BCUT2D eigenvalue weighted by molar-refractivity contribution is 5.99. The molecule has 1 aliphatic carbocycles. The molecule has 0 amide bonds. The van der Waals surface area contributed by atoms with Crippen LogP contribution in [-0.4, -0.2) is 5.78 Å². The molecule has 0 bridgehead atoms. The van der Waals surface area contributed by atoms with Gasteiger partial charge >= 0.3 is 0 Å². The van der Waals surface area contributed by atoms with E-state index >= 15 is 0 Å². The molecule has 0 heterocycles. The van der Waals surface area contributed by atoms with Crippen molar-refractivity contribution in [1.29, 1.82) is 0 Å². The summed E-state index contributed by atoms with van der Waals surface area (Å²) in [6.45, 7) is 0. The van der Waals surface area contributed by atoms with Gasteiger partial charge < -0.3 is 0 Å². The first kappa shape index (κ1) is 7.47.